The smallest absolute Gasteiger partial charge is 0.241 e. The van der Waals surface area contributed by atoms with Crippen LogP contribution in [0.25, 0.3) is 10.8 Å². The lowest BCUT2D eigenvalue weighted by atomic mass is 9.97. The standard InChI is InChI=1S/C22H30N2O4S/c1-15-7-4-8-16(2)24(15)14-18(26)13-23-29(27,28)22-12-6-10-20-19(17(3)25)9-5-11-21(20)22/h5-6,9-12,15-16,18,23,26H,4,7-8,13-14H2,1-3H3/t15-,16?,18-/m0/s1. The topological polar surface area (TPSA) is 86.7 Å². The number of fused-ring (bicyclic) bond motifs is 1. The lowest BCUT2D eigenvalue weighted by molar-refractivity contribution is 0.0438. The number of carbonyl (C=O) groups is 1. The zero-order chi connectivity index (χ0) is 21.2. The molecule has 2 aromatic rings. The van der Waals surface area contributed by atoms with Gasteiger partial charge in [-0.15, -0.1) is 0 Å². The van der Waals surface area contributed by atoms with Crippen LogP contribution in [0.1, 0.15) is 50.4 Å². The van der Waals surface area contributed by atoms with Crippen LogP contribution in [0, 0.1) is 0 Å². The Kier molecular flexibility index (Phi) is 6.73. The third-order valence-corrected chi connectivity index (χ3v) is 7.34. The zero-order valence-corrected chi connectivity index (χ0v) is 18.1. The molecule has 1 saturated heterocycles. The number of benzene rings is 2. The fourth-order valence-corrected chi connectivity index (χ4v) is 5.54. The monoisotopic (exact) mass is 418 g/mol. The van der Waals surface area contributed by atoms with Gasteiger partial charge in [0.25, 0.3) is 0 Å². The van der Waals surface area contributed by atoms with Crippen LogP contribution in [-0.2, 0) is 10.0 Å². The molecule has 2 N–H and O–H groups in total. The first-order valence-corrected chi connectivity index (χ1v) is 11.6. The fraction of sp³-hybridized carbons (Fsp3) is 0.500. The molecule has 1 aliphatic heterocycles. The zero-order valence-electron chi connectivity index (χ0n) is 17.3. The predicted octanol–water partition coefficient (Wildman–Crippen LogP) is 2.94. The van der Waals surface area contributed by atoms with Gasteiger partial charge in [0.1, 0.15) is 0 Å². The number of nitrogens with one attached hydrogen (secondary N) is 1. The van der Waals surface area contributed by atoms with Gasteiger partial charge in [-0.3, -0.25) is 9.69 Å². The van der Waals surface area contributed by atoms with Gasteiger partial charge in [0.05, 0.1) is 11.0 Å². The number of β-amino-alcohol motifs (C(OH)–C–C–N with tert-alkyl or cyclic N) is 1. The van der Waals surface area contributed by atoms with Crippen LogP contribution in [0.3, 0.4) is 0 Å². The summed E-state index contributed by atoms with van der Waals surface area (Å²) >= 11 is 0. The van der Waals surface area contributed by atoms with Gasteiger partial charge in [0.2, 0.25) is 10.0 Å². The highest BCUT2D eigenvalue weighted by molar-refractivity contribution is 7.89. The quantitative estimate of drug-likeness (QED) is 0.675. The molecule has 3 rings (SSSR count). The summed E-state index contributed by atoms with van der Waals surface area (Å²) in [4.78, 5) is 14.2. The number of hydrogen-bond acceptors (Lipinski definition) is 5. The molecule has 0 aliphatic carbocycles. The van der Waals surface area contributed by atoms with Gasteiger partial charge in [-0.1, -0.05) is 36.8 Å². The Balaban J connectivity index is 1.76. The van der Waals surface area contributed by atoms with Gasteiger partial charge < -0.3 is 5.11 Å². The number of aliphatic hydroxyl groups excluding tert-OH is 1. The summed E-state index contributed by atoms with van der Waals surface area (Å²) in [5.41, 5.74) is 0.493. The number of piperidine rings is 1. The van der Waals surface area contributed by atoms with E-state index in [-0.39, 0.29) is 17.2 Å². The van der Waals surface area contributed by atoms with Crippen LogP contribution in [-0.4, -0.2) is 55.5 Å². The van der Waals surface area contributed by atoms with E-state index < -0.39 is 16.1 Å². The maximum absolute atomic E-state index is 12.9. The number of rotatable bonds is 7. The van der Waals surface area contributed by atoms with E-state index in [9.17, 15) is 18.3 Å². The summed E-state index contributed by atoms with van der Waals surface area (Å²) < 4.78 is 28.4. The van der Waals surface area contributed by atoms with Crippen LogP contribution in [0.15, 0.2) is 41.3 Å². The van der Waals surface area contributed by atoms with Crippen molar-refractivity contribution >= 4 is 26.6 Å². The first kappa shape index (κ1) is 21.9. The highest BCUT2D eigenvalue weighted by Gasteiger charge is 2.27. The second-order valence-electron chi connectivity index (χ2n) is 8.04. The molecule has 1 heterocycles. The molecule has 0 spiro atoms. The predicted molar refractivity (Wildman–Crippen MR) is 115 cm³/mol. The molecule has 0 aromatic heterocycles. The molecule has 1 aliphatic rings. The highest BCUT2D eigenvalue weighted by Crippen LogP contribution is 2.26. The van der Waals surface area contributed by atoms with Crippen LogP contribution in [0.5, 0.6) is 0 Å². The molecule has 7 heteroatoms. The Morgan fingerprint density at radius 2 is 1.76 bits per heavy atom. The van der Waals surface area contributed by atoms with E-state index in [2.05, 4.69) is 23.5 Å². The van der Waals surface area contributed by atoms with Crippen molar-refractivity contribution < 1.29 is 18.3 Å². The summed E-state index contributed by atoms with van der Waals surface area (Å²) in [6.07, 6.45) is 2.58. The van der Waals surface area contributed by atoms with E-state index >= 15 is 0 Å². The molecule has 2 aromatic carbocycles. The maximum Gasteiger partial charge on any atom is 0.241 e. The van der Waals surface area contributed by atoms with E-state index in [1.165, 1.54) is 19.4 Å². The molecule has 0 amide bonds. The van der Waals surface area contributed by atoms with Crippen molar-refractivity contribution in [3.8, 4) is 0 Å². The minimum Gasteiger partial charge on any atom is -0.390 e. The third kappa shape index (κ3) is 4.86. The molecule has 1 fully saturated rings. The molecular weight excluding hydrogens is 388 g/mol. The Morgan fingerprint density at radius 3 is 2.41 bits per heavy atom. The molecule has 0 bridgehead atoms. The van der Waals surface area contributed by atoms with Crippen molar-refractivity contribution in [2.45, 2.75) is 63.1 Å². The summed E-state index contributed by atoms with van der Waals surface area (Å²) in [5.74, 6) is -0.113. The summed E-state index contributed by atoms with van der Waals surface area (Å²) in [6.45, 7) is 6.15. The van der Waals surface area contributed by atoms with E-state index in [1.54, 1.807) is 30.3 Å². The van der Waals surface area contributed by atoms with Crippen molar-refractivity contribution in [2.24, 2.45) is 0 Å². The second kappa shape index (κ2) is 8.92. The molecule has 6 nitrogen and oxygen atoms in total. The molecule has 0 radical (unpaired) electrons. The largest absolute Gasteiger partial charge is 0.390 e. The Hall–Kier alpha value is -1.80. The number of carbonyl (C=O) groups excluding carboxylic acids is 1. The van der Waals surface area contributed by atoms with Crippen molar-refractivity contribution in [2.75, 3.05) is 13.1 Å². The Bertz CT molecular complexity index is 979. The van der Waals surface area contributed by atoms with Crippen LogP contribution in [0.4, 0.5) is 0 Å². The van der Waals surface area contributed by atoms with Gasteiger partial charge in [0, 0.05) is 36.1 Å². The number of likely N-dealkylation sites (tertiary alicyclic amines) is 1. The van der Waals surface area contributed by atoms with Crippen molar-refractivity contribution in [3.63, 3.8) is 0 Å². The minimum absolute atomic E-state index is 0.0545. The van der Waals surface area contributed by atoms with E-state index in [1.807, 2.05) is 0 Å². The number of ketones is 1. The maximum atomic E-state index is 12.9. The molecule has 158 valence electrons. The fourth-order valence-electron chi connectivity index (χ4n) is 4.25. The lowest BCUT2D eigenvalue weighted by Gasteiger charge is -2.40. The summed E-state index contributed by atoms with van der Waals surface area (Å²) in [6, 6.07) is 10.8. The average Bonchev–Trinajstić information content (AvgIpc) is 2.68. The lowest BCUT2D eigenvalue weighted by Crippen LogP contribution is -2.49. The number of sulfonamides is 1. The Morgan fingerprint density at radius 1 is 1.14 bits per heavy atom. The number of nitrogens with zero attached hydrogens (tertiary/aromatic N) is 1. The van der Waals surface area contributed by atoms with Crippen molar-refractivity contribution in [1.82, 2.24) is 9.62 Å². The van der Waals surface area contributed by atoms with Gasteiger partial charge >= 0.3 is 0 Å². The SMILES string of the molecule is CC(=O)c1cccc2c(S(=O)(=O)NC[C@H](O)CN3C(C)CCC[C@@H]3C)cccc12. The minimum atomic E-state index is -3.83. The summed E-state index contributed by atoms with van der Waals surface area (Å²) in [5, 5.41) is 11.6. The third-order valence-electron chi connectivity index (χ3n) is 5.86. The molecule has 1 unspecified atom stereocenters. The second-order valence-corrected chi connectivity index (χ2v) is 9.78. The van der Waals surface area contributed by atoms with Gasteiger partial charge in [0.15, 0.2) is 5.78 Å². The van der Waals surface area contributed by atoms with E-state index in [0.29, 0.717) is 35.0 Å². The molecular formula is C22H30N2O4S. The van der Waals surface area contributed by atoms with Crippen molar-refractivity contribution in [3.05, 3.63) is 42.0 Å². The van der Waals surface area contributed by atoms with E-state index in [4.69, 9.17) is 0 Å². The number of aliphatic hydroxyl groups is 1. The first-order chi connectivity index (χ1) is 13.7. The molecule has 3 atom stereocenters. The first-order valence-electron chi connectivity index (χ1n) is 10.2. The van der Waals surface area contributed by atoms with Gasteiger partial charge in [-0.2, -0.15) is 0 Å². The van der Waals surface area contributed by atoms with Crippen LogP contribution < -0.4 is 4.72 Å². The number of hydrogen-bond donors (Lipinski definition) is 2. The normalized spacial score (nSPS) is 21.9. The molecule has 29 heavy (non-hydrogen) atoms. The van der Waals surface area contributed by atoms with E-state index in [0.717, 1.165) is 12.8 Å². The average molecular weight is 419 g/mol. The number of Topliss-reactive ketones (excluding diaryl/α,β-unsaturated/α-hetero) is 1. The van der Waals surface area contributed by atoms with Crippen molar-refractivity contribution in [1.29, 1.82) is 0 Å². The van der Waals surface area contributed by atoms with Crippen LogP contribution in [0.2, 0.25) is 0 Å². The molecule has 0 saturated carbocycles. The van der Waals surface area contributed by atoms with Gasteiger partial charge in [-0.25, -0.2) is 13.1 Å². The highest BCUT2D eigenvalue weighted by atomic mass is 32.2. The Labute approximate surface area is 173 Å². The van der Waals surface area contributed by atoms with Gasteiger partial charge in [-0.05, 0) is 45.1 Å². The van der Waals surface area contributed by atoms with Crippen LogP contribution >= 0.6 is 0 Å². The summed E-state index contributed by atoms with van der Waals surface area (Å²) in [7, 11) is -3.83.